The van der Waals surface area contributed by atoms with Gasteiger partial charge in [0.15, 0.2) is 0 Å². The van der Waals surface area contributed by atoms with Crippen molar-refractivity contribution in [1.29, 1.82) is 0 Å². The van der Waals surface area contributed by atoms with E-state index in [4.69, 9.17) is 0 Å². The quantitative estimate of drug-likeness (QED) is 0.486. The van der Waals surface area contributed by atoms with Crippen LogP contribution in [0, 0.1) is 25.5 Å². The normalized spacial score (nSPS) is 14.4. The van der Waals surface area contributed by atoms with Crippen molar-refractivity contribution in [2.75, 3.05) is 28.0 Å². The second kappa shape index (κ2) is 9.38. The lowest BCUT2D eigenvalue weighted by Crippen LogP contribution is -2.22. The van der Waals surface area contributed by atoms with Gasteiger partial charge in [-0.1, -0.05) is 0 Å². The molecule has 32 heavy (non-hydrogen) atoms. The monoisotopic (exact) mass is 475 g/mol. The number of anilines is 3. The van der Waals surface area contributed by atoms with E-state index in [1.165, 1.54) is 41.7 Å². The molecule has 0 aliphatic carbocycles. The first kappa shape index (κ1) is 22.4. The van der Waals surface area contributed by atoms with Crippen molar-refractivity contribution in [3.05, 3.63) is 69.4 Å². The number of nitrogens with zero attached hydrogens (tertiary/aromatic N) is 1. The molecule has 0 spiro atoms. The van der Waals surface area contributed by atoms with Gasteiger partial charge < -0.3 is 10.2 Å². The second-order valence-electron chi connectivity index (χ2n) is 7.66. The molecule has 2 heterocycles. The van der Waals surface area contributed by atoms with Gasteiger partial charge in [0.05, 0.1) is 16.3 Å². The predicted molar refractivity (Wildman–Crippen MR) is 126 cm³/mol. The summed E-state index contributed by atoms with van der Waals surface area (Å²) < 4.78 is 43.3. The zero-order chi connectivity index (χ0) is 22.8. The van der Waals surface area contributed by atoms with Crippen LogP contribution in [0.3, 0.4) is 0 Å². The third kappa shape index (κ3) is 4.54. The molecule has 3 aromatic rings. The van der Waals surface area contributed by atoms with Gasteiger partial charge in [0.2, 0.25) is 0 Å². The highest BCUT2D eigenvalue weighted by Crippen LogP contribution is 2.35. The zero-order valence-corrected chi connectivity index (χ0v) is 19.3. The predicted octanol–water partition coefficient (Wildman–Crippen LogP) is 5.63. The number of carbonyl (C=O) groups excluding carboxylic acids is 1. The summed E-state index contributed by atoms with van der Waals surface area (Å²) in [5.74, 6) is -1.07. The van der Waals surface area contributed by atoms with Crippen LogP contribution >= 0.6 is 11.3 Å². The minimum atomic E-state index is -1.66. The first-order valence-corrected chi connectivity index (χ1v) is 12.3. The molecule has 1 unspecified atom stereocenters. The maximum absolute atomic E-state index is 14.7. The van der Waals surface area contributed by atoms with Crippen LogP contribution in [-0.4, -0.2) is 23.2 Å². The van der Waals surface area contributed by atoms with E-state index in [1.807, 2.05) is 11.8 Å². The number of carbonyl (C=O) groups is 1. The number of halogens is 2. The Bertz CT molecular complexity index is 1170. The van der Waals surface area contributed by atoms with Crippen molar-refractivity contribution in [1.82, 2.24) is 0 Å². The summed E-state index contributed by atoms with van der Waals surface area (Å²) in [7, 11) is -1.66. The average molecular weight is 476 g/mol. The molecule has 1 fully saturated rings. The minimum Gasteiger partial charge on any atom is -0.369 e. The molecule has 2 aromatic carbocycles. The molecule has 1 amide bonds. The summed E-state index contributed by atoms with van der Waals surface area (Å²) >= 11 is 1.21. The average Bonchev–Trinajstić information content (AvgIpc) is 3.44. The molecule has 5 nitrogen and oxygen atoms in total. The third-order valence-electron chi connectivity index (χ3n) is 5.46. The van der Waals surface area contributed by atoms with Gasteiger partial charge in [0.25, 0.3) is 5.91 Å². The van der Waals surface area contributed by atoms with E-state index in [9.17, 15) is 17.8 Å². The highest BCUT2D eigenvalue weighted by molar-refractivity contribution is 7.86. The highest BCUT2D eigenvalue weighted by Gasteiger charge is 2.23. The van der Waals surface area contributed by atoms with Crippen molar-refractivity contribution in [3.63, 3.8) is 0 Å². The molecular weight excluding hydrogens is 452 g/mol. The number of thiophene rings is 1. The number of rotatable bonds is 6. The van der Waals surface area contributed by atoms with E-state index in [0.29, 0.717) is 38.0 Å². The molecule has 168 valence electrons. The maximum atomic E-state index is 14.7. The molecule has 4 rings (SSSR count). The third-order valence-corrected chi connectivity index (χ3v) is 7.48. The number of aryl methyl sites for hydroxylation is 1. The van der Waals surface area contributed by atoms with Crippen molar-refractivity contribution >= 4 is 45.3 Å². The number of nitrogens with one attached hydrogen (secondary N) is 2. The van der Waals surface area contributed by atoms with E-state index >= 15 is 0 Å². The molecular formula is C23H23F2N3O2S2. The molecule has 0 radical (unpaired) electrons. The Morgan fingerprint density at radius 1 is 1.09 bits per heavy atom. The summed E-state index contributed by atoms with van der Waals surface area (Å²) in [5, 5.41) is 4.64. The van der Waals surface area contributed by atoms with Crippen molar-refractivity contribution < 1.29 is 17.8 Å². The molecule has 9 heteroatoms. The smallest absolute Gasteiger partial charge is 0.267 e. The maximum Gasteiger partial charge on any atom is 0.267 e. The van der Waals surface area contributed by atoms with Gasteiger partial charge in [0, 0.05) is 18.8 Å². The van der Waals surface area contributed by atoms with Gasteiger partial charge >= 0.3 is 0 Å². The van der Waals surface area contributed by atoms with Gasteiger partial charge in [-0.2, -0.15) is 0 Å². The molecule has 1 aliphatic rings. The first-order valence-electron chi connectivity index (χ1n) is 10.2. The Hall–Kier alpha value is -2.78. The summed E-state index contributed by atoms with van der Waals surface area (Å²) in [6.45, 7) is 5.16. The fourth-order valence-electron chi connectivity index (χ4n) is 3.90. The largest absolute Gasteiger partial charge is 0.369 e. The van der Waals surface area contributed by atoms with Gasteiger partial charge in [-0.3, -0.25) is 9.52 Å². The molecule has 0 bridgehead atoms. The Balaban J connectivity index is 1.57. The van der Waals surface area contributed by atoms with Crippen LogP contribution in [0.25, 0.3) is 0 Å². The van der Waals surface area contributed by atoms with E-state index in [-0.39, 0.29) is 11.7 Å². The summed E-state index contributed by atoms with van der Waals surface area (Å²) in [4.78, 5) is 15.8. The lowest BCUT2D eigenvalue weighted by Gasteiger charge is -2.24. The number of amides is 1. The van der Waals surface area contributed by atoms with Crippen LogP contribution in [0.15, 0.2) is 46.7 Å². The Labute approximate surface area is 192 Å². The topological polar surface area (TPSA) is 61.4 Å². The Kier molecular flexibility index (Phi) is 6.57. The second-order valence-corrected chi connectivity index (χ2v) is 9.79. The van der Waals surface area contributed by atoms with Crippen molar-refractivity contribution in [3.8, 4) is 0 Å². The van der Waals surface area contributed by atoms with Crippen LogP contribution in [0.4, 0.5) is 25.8 Å². The number of hydrogen-bond donors (Lipinski definition) is 2. The Morgan fingerprint density at radius 2 is 1.78 bits per heavy atom. The van der Waals surface area contributed by atoms with E-state index < -0.39 is 16.8 Å². The van der Waals surface area contributed by atoms with Crippen LogP contribution < -0.4 is 14.9 Å². The van der Waals surface area contributed by atoms with Crippen molar-refractivity contribution in [2.24, 2.45) is 0 Å². The van der Waals surface area contributed by atoms with E-state index in [1.54, 1.807) is 18.4 Å². The highest BCUT2D eigenvalue weighted by atomic mass is 32.2. The molecule has 1 atom stereocenters. The molecule has 1 aromatic heterocycles. The number of benzene rings is 2. The van der Waals surface area contributed by atoms with Gasteiger partial charge in [-0.05, 0) is 79.6 Å². The van der Waals surface area contributed by atoms with E-state index in [2.05, 4.69) is 10.0 Å². The molecule has 1 aliphatic heterocycles. The van der Waals surface area contributed by atoms with Crippen LogP contribution in [0.2, 0.25) is 0 Å². The Morgan fingerprint density at radius 3 is 2.47 bits per heavy atom. The first-order chi connectivity index (χ1) is 15.3. The summed E-state index contributed by atoms with van der Waals surface area (Å²) in [6, 6.07) is 8.43. The lowest BCUT2D eigenvalue weighted by atomic mass is 10.0. The van der Waals surface area contributed by atoms with Crippen LogP contribution in [0.1, 0.15) is 33.6 Å². The molecule has 1 saturated heterocycles. The fraction of sp³-hybridized carbons (Fsp3) is 0.261. The van der Waals surface area contributed by atoms with Crippen molar-refractivity contribution in [2.45, 2.75) is 31.6 Å². The van der Waals surface area contributed by atoms with Crippen LogP contribution in [0.5, 0.6) is 0 Å². The van der Waals surface area contributed by atoms with Gasteiger partial charge in [-0.25, -0.2) is 13.0 Å². The summed E-state index contributed by atoms with van der Waals surface area (Å²) in [5.41, 5.74) is 2.85. The lowest BCUT2D eigenvalue weighted by molar-refractivity contribution is 0.103. The van der Waals surface area contributed by atoms with Gasteiger partial charge in [0.1, 0.15) is 27.5 Å². The number of hydrogen-bond acceptors (Lipinski definition) is 4. The van der Waals surface area contributed by atoms with Crippen LogP contribution in [-0.2, 0) is 11.0 Å². The standard InChI is InChI=1S/C23H23F2N3O2S2/c1-14-13-18(25)21(28-10-3-4-11-28)15(2)20(14)26-23(29)22-19(9-12-31-22)27-32(30)17-7-5-16(24)6-8-17/h5-9,12-13,27H,3-4,10-11H2,1-2H3,(H,26,29). The molecule has 0 saturated carbocycles. The van der Waals surface area contributed by atoms with E-state index in [0.717, 1.165) is 25.9 Å². The molecule has 2 N–H and O–H groups in total. The fourth-order valence-corrected chi connectivity index (χ4v) is 5.58. The zero-order valence-electron chi connectivity index (χ0n) is 17.7. The SMILES string of the molecule is Cc1cc(F)c(N2CCCC2)c(C)c1NC(=O)c1sccc1NS(=O)c1ccc(F)cc1. The minimum absolute atomic E-state index is 0.284. The summed E-state index contributed by atoms with van der Waals surface area (Å²) in [6.07, 6.45) is 2.04. The van der Waals surface area contributed by atoms with Gasteiger partial charge in [-0.15, -0.1) is 11.3 Å².